The Morgan fingerprint density at radius 2 is 1.52 bits per heavy atom. The highest BCUT2D eigenvalue weighted by Crippen LogP contribution is 2.07. The van der Waals surface area contributed by atoms with Gasteiger partial charge in [0.15, 0.2) is 6.10 Å². The van der Waals surface area contributed by atoms with Gasteiger partial charge < -0.3 is 15.6 Å². The number of aliphatic hydroxyl groups is 1. The first-order valence-corrected chi connectivity index (χ1v) is 6.85. The van der Waals surface area contributed by atoms with E-state index in [1.165, 1.54) is 0 Å². The Labute approximate surface area is 124 Å². The molecule has 0 heterocycles. The molecule has 2 aromatic rings. The van der Waals surface area contributed by atoms with E-state index in [2.05, 4.69) is 0 Å². The first-order chi connectivity index (χ1) is 10.2. The van der Waals surface area contributed by atoms with Crippen molar-refractivity contribution in [1.29, 1.82) is 0 Å². The third-order valence-corrected chi connectivity index (χ3v) is 3.19. The normalized spacial score (nSPS) is 13.4. The summed E-state index contributed by atoms with van der Waals surface area (Å²) in [7, 11) is 0. The van der Waals surface area contributed by atoms with Gasteiger partial charge in [0.05, 0.1) is 0 Å². The van der Waals surface area contributed by atoms with E-state index in [0.717, 1.165) is 11.1 Å². The number of esters is 1. The number of hydrogen-bond donors (Lipinski definition) is 2. The summed E-state index contributed by atoms with van der Waals surface area (Å²) >= 11 is 0. The van der Waals surface area contributed by atoms with Gasteiger partial charge in [-0.1, -0.05) is 60.7 Å². The van der Waals surface area contributed by atoms with Gasteiger partial charge in [0.1, 0.15) is 6.61 Å². The second-order valence-electron chi connectivity index (χ2n) is 4.89. The van der Waals surface area contributed by atoms with Crippen LogP contribution in [0.4, 0.5) is 0 Å². The zero-order valence-corrected chi connectivity index (χ0v) is 11.7. The number of carbonyl (C=O) groups excluding carboxylic acids is 1. The average molecular weight is 285 g/mol. The molecule has 4 nitrogen and oxygen atoms in total. The lowest BCUT2D eigenvalue weighted by Gasteiger charge is -2.17. The molecule has 2 rings (SSSR count). The Hall–Kier alpha value is -2.17. The zero-order chi connectivity index (χ0) is 15.1. The van der Waals surface area contributed by atoms with Crippen LogP contribution in [-0.4, -0.2) is 23.2 Å². The van der Waals surface area contributed by atoms with E-state index in [0.29, 0.717) is 6.42 Å². The number of carbonyl (C=O) groups is 1. The van der Waals surface area contributed by atoms with Crippen LogP contribution >= 0.6 is 0 Å². The van der Waals surface area contributed by atoms with E-state index in [9.17, 15) is 9.90 Å². The molecule has 4 heteroatoms. The molecule has 2 aromatic carbocycles. The first kappa shape index (κ1) is 15.2. The van der Waals surface area contributed by atoms with Gasteiger partial charge in [-0.15, -0.1) is 0 Å². The van der Waals surface area contributed by atoms with Crippen molar-refractivity contribution in [2.24, 2.45) is 5.73 Å². The van der Waals surface area contributed by atoms with Gasteiger partial charge >= 0.3 is 5.97 Å². The fourth-order valence-electron chi connectivity index (χ4n) is 1.99. The molecule has 1 unspecified atom stereocenters. The van der Waals surface area contributed by atoms with Crippen molar-refractivity contribution in [2.45, 2.75) is 25.2 Å². The Morgan fingerprint density at radius 3 is 2.10 bits per heavy atom. The van der Waals surface area contributed by atoms with Gasteiger partial charge in [0, 0.05) is 6.04 Å². The Kier molecular flexibility index (Phi) is 5.49. The van der Waals surface area contributed by atoms with E-state index < -0.39 is 18.1 Å². The van der Waals surface area contributed by atoms with Crippen molar-refractivity contribution >= 4 is 5.97 Å². The third-order valence-electron chi connectivity index (χ3n) is 3.19. The maximum absolute atomic E-state index is 11.8. The molecular formula is C17H19NO3. The highest BCUT2D eigenvalue weighted by atomic mass is 16.5. The zero-order valence-electron chi connectivity index (χ0n) is 11.7. The molecular weight excluding hydrogens is 266 g/mol. The van der Waals surface area contributed by atoms with Crippen LogP contribution < -0.4 is 5.73 Å². The quantitative estimate of drug-likeness (QED) is 0.792. The summed E-state index contributed by atoms with van der Waals surface area (Å²) in [6.45, 7) is 0.134. The van der Waals surface area contributed by atoms with Crippen LogP contribution in [0.5, 0.6) is 0 Å². The fourth-order valence-corrected chi connectivity index (χ4v) is 1.99. The number of ether oxygens (including phenoxy) is 1. The van der Waals surface area contributed by atoms with Crippen LogP contribution in [-0.2, 0) is 22.6 Å². The summed E-state index contributed by atoms with van der Waals surface area (Å²) in [5.41, 5.74) is 7.71. The average Bonchev–Trinajstić information content (AvgIpc) is 2.53. The minimum absolute atomic E-state index is 0.134. The highest BCUT2D eigenvalue weighted by Gasteiger charge is 2.24. The predicted molar refractivity (Wildman–Crippen MR) is 80.4 cm³/mol. The van der Waals surface area contributed by atoms with Gasteiger partial charge in [-0.05, 0) is 17.5 Å². The molecule has 0 bridgehead atoms. The van der Waals surface area contributed by atoms with Crippen molar-refractivity contribution in [3.8, 4) is 0 Å². The van der Waals surface area contributed by atoms with Gasteiger partial charge in [-0.2, -0.15) is 0 Å². The molecule has 21 heavy (non-hydrogen) atoms. The smallest absolute Gasteiger partial charge is 0.336 e. The monoisotopic (exact) mass is 285 g/mol. The minimum atomic E-state index is -1.33. The SMILES string of the molecule is NC(Cc1ccccc1)[C@H](O)C(=O)OCc1ccccc1. The first-order valence-electron chi connectivity index (χ1n) is 6.85. The molecule has 0 fully saturated rings. The number of aliphatic hydroxyl groups excluding tert-OH is 1. The lowest BCUT2D eigenvalue weighted by Crippen LogP contribution is -2.42. The Balaban J connectivity index is 1.84. The molecule has 0 aliphatic heterocycles. The lowest BCUT2D eigenvalue weighted by atomic mass is 10.0. The number of nitrogens with two attached hydrogens (primary N) is 1. The summed E-state index contributed by atoms with van der Waals surface area (Å²) in [6, 6.07) is 18.1. The Morgan fingerprint density at radius 1 is 1.00 bits per heavy atom. The molecule has 0 saturated carbocycles. The molecule has 0 amide bonds. The van der Waals surface area contributed by atoms with Crippen LogP contribution in [0.15, 0.2) is 60.7 Å². The molecule has 0 aliphatic carbocycles. The topological polar surface area (TPSA) is 72.5 Å². The lowest BCUT2D eigenvalue weighted by molar-refractivity contribution is -0.156. The van der Waals surface area contributed by atoms with Crippen LogP contribution in [0.3, 0.4) is 0 Å². The standard InChI is InChI=1S/C17H19NO3/c18-15(11-13-7-3-1-4-8-13)16(19)17(20)21-12-14-9-5-2-6-10-14/h1-10,15-16,19H,11-12,18H2/t15?,16-/m0/s1. The van der Waals surface area contributed by atoms with Crippen molar-refractivity contribution in [3.63, 3.8) is 0 Å². The predicted octanol–water partition coefficient (Wildman–Crippen LogP) is 1.66. The van der Waals surface area contributed by atoms with Crippen LogP contribution in [0, 0.1) is 0 Å². The molecule has 0 saturated heterocycles. The summed E-state index contributed by atoms with van der Waals surface area (Å²) in [5, 5.41) is 9.93. The molecule has 0 aromatic heterocycles. The van der Waals surface area contributed by atoms with Crippen LogP contribution in [0.2, 0.25) is 0 Å². The number of hydrogen-bond acceptors (Lipinski definition) is 4. The summed E-state index contributed by atoms with van der Waals surface area (Å²) in [4.78, 5) is 11.8. The second-order valence-corrected chi connectivity index (χ2v) is 4.89. The number of benzene rings is 2. The molecule has 0 radical (unpaired) electrons. The summed E-state index contributed by atoms with van der Waals surface area (Å²) in [5.74, 6) is -0.692. The van der Waals surface area contributed by atoms with Gasteiger partial charge in [0.2, 0.25) is 0 Å². The maximum atomic E-state index is 11.8. The summed E-state index contributed by atoms with van der Waals surface area (Å²) in [6.07, 6.45) is -0.906. The van der Waals surface area contributed by atoms with E-state index in [1.54, 1.807) is 0 Å². The molecule has 110 valence electrons. The minimum Gasteiger partial charge on any atom is -0.459 e. The molecule has 2 atom stereocenters. The molecule has 3 N–H and O–H groups in total. The highest BCUT2D eigenvalue weighted by molar-refractivity contribution is 5.75. The molecule has 0 aliphatic rings. The van der Waals surface area contributed by atoms with E-state index >= 15 is 0 Å². The van der Waals surface area contributed by atoms with Gasteiger partial charge in [0.25, 0.3) is 0 Å². The summed E-state index contributed by atoms with van der Waals surface area (Å²) < 4.78 is 5.08. The van der Waals surface area contributed by atoms with E-state index in [-0.39, 0.29) is 6.61 Å². The van der Waals surface area contributed by atoms with Crippen molar-refractivity contribution < 1.29 is 14.6 Å². The van der Waals surface area contributed by atoms with Crippen LogP contribution in [0.25, 0.3) is 0 Å². The van der Waals surface area contributed by atoms with Crippen molar-refractivity contribution in [3.05, 3.63) is 71.8 Å². The van der Waals surface area contributed by atoms with Gasteiger partial charge in [-0.25, -0.2) is 4.79 Å². The van der Waals surface area contributed by atoms with Gasteiger partial charge in [-0.3, -0.25) is 0 Å². The van der Waals surface area contributed by atoms with Crippen LogP contribution in [0.1, 0.15) is 11.1 Å². The van der Waals surface area contributed by atoms with Crippen molar-refractivity contribution in [1.82, 2.24) is 0 Å². The largest absolute Gasteiger partial charge is 0.459 e. The Bertz CT molecular complexity index is 557. The van der Waals surface area contributed by atoms with E-state index in [4.69, 9.17) is 10.5 Å². The fraction of sp³-hybridized carbons (Fsp3) is 0.235. The van der Waals surface area contributed by atoms with Crippen molar-refractivity contribution in [2.75, 3.05) is 0 Å². The van der Waals surface area contributed by atoms with E-state index in [1.807, 2.05) is 60.7 Å². The third kappa shape index (κ3) is 4.70. The molecule has 0 spiro atoms. The maximum Gasteiger partial charge on any atom is 0.336 e. The second kappa shape index (κ2) is 7.57. The number of rotatable bonds is 6.